The molecule has 2 atom stereocenters. The van der Waals surface area contributed by atoms with Crippen molar-refractivity contribution < 1.29 is 9.47 Å². The first kappa shape index (κ1) is 15.6. The quantitative estimate of drug-likeness (QED) is 0.906. The van der Waals surface area contributed by atoms with E-state index in [0.717, 1.165) is 39.3 Å². The number of rotatable bonds is 5. The predicted octanol–water partition coefficient (Wildman–Crippen LogP) is 1.78. The van der Waals surface area contributed by atoms with Crippen LogP contribution < -0.4 is 5.73 Å². The fraction of sp³-hybridized carbons (Fsp3) is 0.500. The molecule has 6 heteroatoms. The van der Waals surface area contributed by atoms with Crippen LogP contribution in [0.15, 0.2) is 30.5 Å². The van der Waals surface area contributed by atoms with Gasteiger partial charge in [-0.2, -0.15) is 5.10 Å². The summed E-state index contributed by atoms with van der Waals surface area (Å²) in [5.41, 5.74) is 9.71. The van der Waals surface area contributed by atoms with Gasteiger partial charge in [0, 0.05) is 32.4 Å². The molecule has 6 nitrogen and oxygen atoms in total. The summed E-state index contributed by atoms with van der Waals surface area (Å²) in [5, 5.41) is 4.32. The molecule has 0 unspecified atom stereocenters. The van der Waals surface area contributed by atoms with E-state index in [1.54, 1.807) is 7.11 Å². The lowest BCUT2D eigenvalue weighted by molar-refractivity contribution is 0.107. The summed E-state index contributed by atoms with van der Waals surface area (Å²) in [4.78, 5) is 2.49. The average molecular weight is 328 g/mol. The van der Waals surface area contributed by atoms with Crippen molar-refractivity contribution >= 4 is 5.82 Å². The highest BCUT2D eigenvalue weighted by molar-refractivity contribution is 5.33. The number of methoxy groups -OCH3 is 1. The first-order chi connectivity index (χ1) is 11.7. The molecule has 0 bridgehead atoms. The van der Waals surface area contributed by atoms with Crippen LogP contribution in [-0.2, 0) is 35.8 Å². The van der Waals surface area contributed by atoms with Crippen LogP contribution in [-0.4, -0.2) is 40.5 Å². The number of nitrogens with two attached hydrogens (primary N) is 1. The molecule has 2 aliphatic rings. The van der Waals surface area contributed by atoms with E-state index in [1.165, 1.54) is 16.7 Å². The van der Waals surface area contributed by atoms with E-state index < -0.39 is 0 Å². The van der Waals surface area contributed by atoms with E-state index in [2.05, 4.69) is 28.2 Å². The number of nitrogen functional groups attached to an aromatic ring is 1. The molecule has 4 rings (SSSR count). The third-order valence-corrected chi connectivity index (χ3v) is 5.05. The molecule has 2 N–H and O–H groups in total. The van der Waals surface area contributed by atoms with Crippen LogP contribution in [0.3, 0.4) is 0 Å². The summed E-state index contributed by atoms with van der Waals surface area (Å²) < 4.78 is 13.1. The van der Waals surface area contributed by atoms with Gasteiger partial charge in [-0.25, -0.2) is 0 Å². The molecule has 1 aromatic heterocycles. The fourth-order valence-electron chi connectivity index (χ4n) is 3.75. The average Bonchev–Trinajstić information content (AvgIpc) is 3.28. The highest BCUT2D eigenvalue weighted by atomic mass is 16.5. The summed E-state index contributed by atoms with van der Waals surface area (Å²) in [6.45, 7) is 4.19. The first-order valence-corrected chi connectivity index (χ1v) is 8.45. The van der Waals surface area contributed by atoms with E-state index in [1.807, 2.05) is 16.9 Å². The Labute approximate surface area is 142 Å². The topological polar surface area (TPSA) is 65.5 Å². The lowest BCUT2D eigenvalue weighted by Gasteiger charge is -2.24. The molecule has 128 valence electrons. The van der Waals surface area contributed by atoms with Gasteiger partial charge in [0.1, 0.15) is 5.82 Å². The summed E-state index contributed by atoms with van der Waals surface area (Å²) >= 11 is 0. The Morgan fingerprint density at radius 1 is 1.29 bits per heavy atom. The van der Waals surface area contributed by atoms with Gasteiger partial charge in [-0.15, -0.1) is 0 Å². The van der Waals surface area contributed by atoms with E-state index in [0.29, 0.717) is 11.9 Å². The van der Waals surface area contributed by atoms with Crippen molar-refractivity contribution in [2.75, 3.05) is 19.4 Å². The third kappa shape index (κ3) is 3.17. The smallest absolute Gasteiger partial charge is 0.145 e. The van der Waals surface area contributed by atoms with Crippen molar-refractivity contribution in [3.63, 3.8) is 0 Å². The van der Waals surface area contributed by atoms with Crippen LogP contribution in [0.5, 0.6) is 0 Å². The lowest BCUT2D eigenvalue weighted by Crippen LogP contribution is -2.33. The minimum Gasteiger partial charge on any atom is -0.382 e. The number of aromatic nitrogens is 2. The minimum absolute atomic E-state index is 0.278. The summed E-state index contributed by atoms with van der Waals surface area (Å²) in [6, 6.07) is 8.94. The second-order valence-corrected chi connectivity index (χ2v) is 6.74. The molecule has 2 aromatic rings. The molecular formula is C18H24N4O2. The van der Waals surface area contributed by atoms with Crippen molar-refractivity contribution in [3.8, 4) is 0 Å². The van der Waals surface area contributed by atoms with Gasteiger partial charge in [0.2, 0.25) is 0 Å². The van der Waals surface area contributed by atoms with Gasteiger partial charge in [0.25, 0.3) is 0 Å². The van der Waals surface area contributed by atoms with Gasteiger partial charge in [-0.05, 0) is 29.2 Å². The van der Waals surface area contributed by atoms with Crippen molar-refractivity contribution in [1.29, 1.82) is 0 Å². The van der Waals surface area contributed by atoms with E-state index >= 15 is 0 Å². The number of ether oxygens (including phenoxy) is 2. The van der Waals surface area contributed by atoms with Gasteiger partial charge in [0.05, 0.1) is 25.9 Å². The molecule has 1 aromatic carbocycles. The van der Waals surface area contributed by atoms with Crippen molar-refractivity contribution in [3.05, 3.63) is 47.2 Å². The first-order valence-electron chi connectivity index (χ1n) is 8.45. The number of hydrogen-bond donors (Lipinski definition) is 1. The molecule has 0 aliphatic carbocycles. The molecule has 2 aliphatic heterocycles. The largest absolute Gasteiger partial charge is 0.382 e. The Morgan fingerprint density at radius 2 is 2.17 bits per heavy atom. The molecular weight excluding hydrogens is 304 g/mol. The fourth-order valence-corrected chi connectivity index (χ4v) is 3.75. The molecule has 0 radical (unpaired) electrons. The standard InChI is InChI=1S/C18H24N4O2/c1-23-17-7-16(9-22-5-4-18(19)20-22)21(10-17)8-13-2-3-14-11-24-12-15(14)6-13/h2-6,16-17H,7-12H2,1H3,(H2,19,20)/t16-,17+/m0/s1. The van der Waals surface area contributed by atoms with Crippen LogP contribution >= 0.6 is 0 Å². The zero-order chi connectivity index (χ0) is 16.5. The monoisotopic (exact) mass is 328 g/mol. The number of benzene rings is 1. The van der Waals surface area contributed by atoms with Crippen LogP contribution in [0.25, 0.3) is 0 Å². The summed E-state index contributed by atoms with van der Waals surface area (Å²) in [7, 11) is 1.80. The van der Waals surface area contributed by atoms with E-state index in [-0.39, 0.29) is 6.10 Å². The number of anilines is 1. The van der Waals surface area contributed by atoms with Crippen molar-refractivity contribution in [2.45, 2.75) is 44.9 Å². The van der Waals surface area contributed by atoms with Crippen molar-refractivity contribution in [1.82, 2.24) is 14.7 Å². The summed E-state index contributed by atoms with van der Waals surface area (Å²) in [6.07, 6.45) is 3.24. The number of hydrogen-bond acceptors (Lipinski definition) is 5. The SMILES string of the molecule is CO[C@@H]1C[C@@H](Cn2ccc(N)n2)N(Cc2ccc3c(c2)COC3)C1. The maximum Gasteiger partial charge on any atom is 0.145 e. The molecule has 24 heavy (non-hydrogen) atoms. The Balaban J connectivity index is 1.48. The highest BCUT2D eigenvalue weighted by Crippen LogP contribution is 2.26. The summed E-state index contributed by atoms with van der Waals surface area (Å²) in [5.74, 6) is 0.571. The molecule has 1 fully saturated rings. The Hall–Kier alpha value is -1.89. The van der Waals surface area contributed by atoms with Gasteiger partial charge < -0.3 is 15.2 Å². The molecule has 3 heterocycles. The highest BCUT2D eigenvalue weighted by Gasteiger charge is 2.32. The zero-order valence-electron chi connectivity index (χ0n) is 14.0. The van der Waals surface area contributed by atoms with Gasteiger partial charge in [-0.1, -0.05) is 18.2 Å². The Kier molecular flexibility index (Phi) is 4.26. The van der Waals surface area contributed by atoms with Gasteiger partial charge in [0.15, 0.2) is 0 Å². The van der Waals surface area contributed by atoms with Crippen LogP contribution in [0, 0.1) is 0 Å². The molecule has 0 saturated carbocycles. The zero-order valence-corrected chi connectivity index (χ0v) is 14.0. The number of nitrogens with zero attached hydrogens (tertiary/aromatic N) is 3. The normalized spacial score (nSPS) is 23.7. The molecule has 1 saturated heterocycles. The molecule has 0 spiro atoms. The van der Waals surface area contributed by atoms with Crippen LogP contribution in [0.1, 0.15) is 23.1 Å². The van der Waals surface area contributed by atoms with Gasteiger partial charge in [-0.3, -0.25) is 9.58 Å². The maximum absolute atomic E-state index is 5.73. The molecule has 0 amide bonds. The van der Waals surface area contributed by atoms with E-state index in [4.69, 9.17) is 15.2 Å². The Morgan fingerprint density at radius 3 is 2.96 bits per heavy atom. The predicted molar refractivity (Wildman–Crippen MR) is 91.2 cm³/mol. The second kappa shape index (κ2) is 6.55. The second-order valence-electron chi connectivity index (χ2n) is 6.74. The third-order valence-electron chi connectivity index (χ3n) is 5.05. The van der Waals surface area contributed by atoms with Crippen LogP contribution in [0.4, 0.5) is 5.82 Å². The van der Waals surface area contributed by atoms with Gasteiger partial charge >= 0.3 is 0 Å². The lowest BCUT2D eigenvalue weighted by atomic mass is 10.1. The maximum atomic E-state index is 5.73. The number of likely N-dealkylation sites (tertiary alicyclic amines) is 1. The Bertz CT molecular complexity index is 715. The van der Waals surface area contributed by atoms with Crippen LogP contribution in [0.2, 0.25) is 0 Å². The van der Waals surface area contributed by atoms with E-state index in [9.17, 15) is 0 Å². The number of fused-ring (bicyclic) bond motifs is 1. The van der Waals surface area contributed by atoms with Crippen molar-refractivity contribution in [2.24, 2.45) is 0 Å². The minimum atomic E-state index is 0.278.